The van der Waals surface area contributed by atoms with Crippen LogP contribution in [0.3, 0.4) is 0 Å². The third-order valence-corrected chi connectivity index (χ3v) is 3.31. The van der Waals surface area contributed by atoms with Gasteiger partial charge >= 0.3 is 0 Å². The lowest BCUT2D eigenvalue weighted by Crippen LogP contribution is -1.97. The van der Waals surface area contributed by atoms with Crippen molar-refractivity contribution < 1.29 is 13.9 Å². The summed E-state index contributed by atoms with van der Waals surface area (Å²) in [5.74, 6) is 1.42. The Balaban J connectivity index is 1.75. The summed E-state index contributed by atoms with van der Waals surface area (Å²) < 4.78 is 10.9. The van der Waals surface area contributed by atoms with Crippen molar-refractivity contribution in [2.24, 2.45) is 0 Å². The van der Waals surface area contributed by atoms with Crippen molar-refractivity contribution in [1.29, 1.82) is 0 Å². The molecule has 0 fully saturated rings. The molecule has 3 nitrogen and oxygen atoms in total. The molecule has 2 heterocycles. The van der Waals surface area contributed by atoms with E-state index in [1.165, 1.54) is 0 Å². The molecule has 98 valence electrons. The molecule has 1 N–H and O–H groups in total. The molecular weight excluding hydrogens is 264 g/mol. The van der Waals surface area contributed by atoms with E-state index in [1.54, 1.807) is 18.4 Å². The number of halogens is 1. The molecule has 2 aromatic heterocycles. The van der Waals surface area contributed by atoms with Gasteiger partial charge in [-0.2, -0.15) is 0 Å². The summed E-state index contributed by atoms with van der Waals surface area (Å²) in [7, 11) is 0. The second-order valence-electron chi connectivity index (χ2n) is 4.46. The van der Waals surface area contributed by atoms with Crippen molar-refractivity contribution in [3.8, 4) is 0 Å². The van der Waals surface area contributed by atoms with Crippen LogP contribution >= 0.6 is 11.6 Å². The Kier molecular flexibility index (Phi) is 3.32. The normalized spacial score (nSPS) is 12.9. The molecule has 19 heavy (non-hydrogen) atoms. The predicted octanol–water partition coefficient (Wildman–Crippen LogP) is 4.35. The van der Waals surface area contributed by atoms with Crippen LogP contribution in [0.25, 0.3) is 11.0 Å². The largest absolute Gasteiger partial charge is 0.469 e. The van der Waals surface area contributed by atoms with Crippen LogP contribution in [0.1, 0.15) is 24.0 Å². The van der Waals surface area contributed by atoms with Gasteiger partial charge in [0.15, 0.2) is 0 Å². The number of benzene rings is 1. The van der Waals surface area contributed by atoms with Crippen molar-refractivity contribution in [1.82, 2.24) is 0 Å². The first-order chi connectivity index (χ1) is 9.22. The molecule has 1 atom stereocenters. The molecule has 0 aliphatic rings. The van der Waals surface area contributed by atoms with E-state index in [1.807, 2.05) is 24.3 Å². The van der Waals surface area contributed by atoms with Crippen LogP contribution in [0.4, 0.5) is 0 Å². The maximum atomic E-state index is 10.1. The first-order valence-corrected chi connectivity index (χ1v) is 6.49. The van der Waals surface area contributed by atoms with Crippen molar-refractivity contribution in [2.45, 2.75) is 18.9 Å². The van der Waals surface area contributed by atoms with Crippen LogP contribution in [0, 0.1) is 0 Å². The summed E-state index contributed by atoms with van der Waals surface area (Å²) in [5, 5.41) is 11.7. The van der Waals surface area contributed by atoms with E-state index < -0.39 is 6.10 Å². The van der Waals surface area contributed by atoms with Crippen LogP contribution in [0.2, 0.25) is 5.02 Å². The zero-order valence-electron chi connectivity index (χ0n) is 10.2. The third kappa shape index (κ3) is 2.67. The minimum absolute atomic E-state index is 0.557. The van der Waals surface area contributed by atoms with Crippen LogP contribution in [0.5, 0.6) is 0 Å². The summed E-state index contributed by atoms with van der Waals surface area (Å²) in [6.45, 7) is 0. The molecule has 1 aromatic carbocycles. The fourth-order valence-corrected chi connectivity index (χ4v) is 2.26. The Hall–Kier alpha value is -1.71. The number of hydrogen-bond donors (Lipinski definition) is 1. The molecule has 1 unspecified atom stereocenters. The fourth-order valence-electron chi connectivity index (χ4n) is 2.08. The second kappa shape index (κ2) is 5.11. The van der Waals surface area contributed by atoms with Gasteiger partial charge in [-0.25, -0.2) is 0 Å². The van der Waals surface area contributed by atoms with E-state index in [0.717, 1.165) is 16.7 Å². The number of aliphatic hydroxyl groups is 1. The molecule has 0 aliphatic carbocycles. The van der Waals surface area contributed by atoms with Gasteiger partial charge < -0.3 is 13.9 Å². The second-order valence-corrected chi connectivity index (χ2v) is 4.90. The molecule has 3 aromatic rings. The van der Waals surface area contributed by atoms with Crippen molar-refractivity contribution >= 4 is 22.6 Å². The molecule has 4 heteroatoms. The SMILES string of the molecule is OC(CCc1ccco1)c1cc2cc(Cl)ccc2o1. The maximum absolute atomic E-state index is 10.1. The minimum Gasteiger partial charge on any atom is -0.469 e. The standard InChI is InChI=1S/C15H13ClO3/c16-11-3-6-14-10(8-11)9-15(19-14)13(17)5-4-12-2-1-7-18-12/h1-3,6-9,13,17H,4-5H2. The Labute approximate surface area is 115 Å². The number of aliphatic hydroxyl groups excluding tert-OH is 1. The third-order valence-electron chi connectivity index (χ3n) is 3.07. The van der Waals surface area contributed by atoms with Crippen LogP contribution < -0.4 is 0 Å². The average molecular weight is 277 g/mol. The number of hydrogen-bond acceptors (Lipinski definition) is 3. The zero-order chi connectivity index (χ0) is 13.2. The van der Waals surface area contributed by atoms with Crippen LogP contribution in [-0.4, -0.2) is 5.11 Å². The Morgan fingerprint density at radius 2 is 2.11 bits per heavy atom. The van der Waals surface area contributed by atoms with Crippen LogP contribution in [0.15, 0.2) is 51.5 Å². The molecule has 0 amide bonds. The minimum atomic E-state index is -0.642. The van der Waals surface area contributed by atoms with Gasteiger partial charge in [-0.15, -0.1) is 0 Å². The smallest absolute Gasteiger partial charge is 0.134 e. The van der Waals surface area contributed by atoms with Gasteiger partial charge in [-0.05, 0) is 42.8 Å². The van der Waals surface area contributed by atoms with Gasteiger partial charge in [-0.3, -0.25) is 0 Å². The summed E-state index contributed by atoms with van der Waals surface area (Å²) in [6, 6.07) is 11.0. The van der Waals surface area contributed by atoms with E-state index in [4.69, 9.17) is 20.4 Å². The summed E-state index contributed by atoms with van der Waals surface area (Å²) in [4.78, 5) is 0. The number of aryl methyl sites for hydroxylation is 1. The monoisotopic (exact) mass is 276 g/mol. The van der Waals surface area contributed by atoms with E-state index in [0.29, 0.717) is 23.6 Å². The fraction of sp³-hybridized carbons (Fsp3) is 0.200. The van der Waals surface area contributed by atoms with E-state index >= 15 is 0 Å². The molecule has 3 rings (SSSR count). The van der Waals surface area contributed by atoms with Crippen molar-refractivity contribution in [3.63, 3.8) is 0 Å². The zero-order valence-corrected chi connectivity index (χ0v) is 10.9. The number of rotatable bonds is 4. The first-order valence-electron chi connectivity index (χ1n) is 6.12. The van der Waals surface area contributed by atoms with Crippen LogP contribution in [-0.2, 0) is 6.42 Å². The lowest BCUT2D eigenvalue weighted by molar-refractivity contribution is 0.141. The molecular formula is C15H13ClO3. The highest BCUT2D eigenvalue weighted by molar-refractivity contribution is 6.31. The predicted molar refractivity (Wildman–Crippen MR) is 73.2 cm³/mol. The highest BCUT2D eigenvalue weighted by Crippen LogP contribution is 2.28. The summed E-state index contributed by atoms with van der Waals surface area (Å²) in [5.41, 5.74) is 0.733. The highest BCUT2D eigenvalue weighted by Gasteiger charge is 2.14. The number of furan rings is 2. The topological polar surface area (TPSA) is 46.5 Å². The van der Waals surface area contributed by atoms with Gasteiger partial charge in [-0.1, -0.05) is 11.6 Å². The van der Waals surface area contributed by atoms with Gasteiger partial charge in [0.25, 0.3) is 0 Å². The Bertz CT molecular complexity index is 670. The number of fused-ring (bicyclic) bond motifs is 1. The average Bonchev–Trinajstić information content (AvgIpc) is 3.04. The summed E-state index contributed by atoms with van der Waals surface area (Å²) >= 11 is 5.92. The summed E-state index contributed by atoms with van der Waals surface area (Å²) in [6.07, 6.45) is 2.22. The Morgan fingerprint density at radius 1 is 1.21 bits per heavy atom. The molecule has 0 bridgehead atoms. The molecule has 0 radical (unpaired) electrons. The highest BCUT2D eigenvalue weighted by atomic mass is 35.5. The van der Waals surface area contributed by atoms with Crippen molar-refractivity contribution in [3.05, 3.63) is 59.2 Å². The lowest BCUT2D eigenvalue weighted by Gasteiger charge is -2.05. The van der Waals surface area contributed by atoms with Gasteiger partial charge in [0, 0.05) is 16.8 Å². The van der Waals surface area contributed by atoms with Gasteiger partial charge in [0.05, 0.1) is 6.26 Å². The van der Waals surface area contributed by atoms with E-state index in [9.17, 15) is 5.11 Å². The lowest BCUT2D eigenvalue weighted by atomic mass is 10.1. The molecule has 0 saturated carbocycles. The van der Waals surface area contributed by atoms with Gasteiger partial charge in [0.2, 0.25) is 0 Å². The van der Waals surface area contributed by atoms with E-state index in [-0.39, 0.29) is 0 Å². The first kappa shape index (κ1) is 12.3. The molecule has 0 saturated heterocycles. The molecule has 0 aliphatic heterocycles. The van der Waals surface area contributed by atoms with Crippen molar-refractivity contribution in [2.75, 3.05) is 0 Å². The van der Waals surface area contributed by atoms with E-state index in [2.05, 4.69) is 0 Å². The molecule has 0 spiro atoms. The van der Waals surface area contributed by atoms with Gasteiger partial charge in [0.1, 0.15) is 23.2 Å². The quantitative estimate of drug-likeness (QED) is 0.771. The Morgan fingerprint density at radius 3 is 2.89 bits per heavy atom. The maximum Gasteiger partial charge on any atom is 0.134 e.